The van der Waals surface area contributed by atoms with Crippen LogP contribution >= 0.6 is 0 Å². The van der Waals surface area contributed by atoms with Gasteiger partial charge in [0, 0.05) is 30.9 Å². The van der Waals surface area contributed by atoms with Crippen LogP contribution in [0.15, 0.2) is 36.5 Å². The highest BCUT2D eigenvalue weighted by Crippen LogP contribution is 2.19. The summed E-state index contributed by atoms with van der Waals surface area (Å²) in [6.07, 6.45) is 1.43. The number of nitro groups is 1. The number of hydrogen-bond acceptors (Lipinski definition) is 5. The van der Waals surface area contributed by atoms with Gasteiger partial charge in [0.15, 0.2) is 0 Å². The Morgan fingerprint density at radius 1 is 1.35 bits per heavy atom. The van der Waals surface area contributed by atoms with E-state index in [4.69, 9.17) is 0 Å². The van der Waals surface area contributed by atoms with Gasteiger partial charge >= 0.3 is 5.69 Å². The molecule has 2 rings (SSSR count). The zero-order valence-corrected chi connectivity index (χ0v) is 12.4. The van der Waals surface area contributed by atoms with Gasteiger partial charge < -0.3 is 10.6 Å². The van der Waals surface area contributed by atoms with Crippen LogP contribution in [0.2, 0.25) is 0 Å². The molecule has 8 heteroatoms. The van der Waals surface area contributed by atoms with Crippen LogP contribution < -0.4 is 10.6 Å². The summed E-state index contributed by atoms with van der Waals surface area (Å²) in [4.78, 5) is 26.0. The molecule has 0 unspecified atom stereocenters. The van der Waals surface area contributed by atoms with E-state index in [1.54, 1.807) is 6.92 Å². The molecule has 0 aliphatic heterocycles. The fourth-order valence-corrected chi connectivity index (χ4v) is 1.87. The first-order valence-corrected chi connectivity index (χ1v) is 6.86. The number of aromatic nitrogens is 1. The van der Waals surface area contributed by atoms with Gasteiger partial charge in [0.2, 0.25) is 5.82 Å². The summed E-state index contributed by atoms with van der Waals surface area (Å²) in [5.41, 5.74) is 0.544. The average Bonchev–Trinajstić information content (AvgIpc) is 2.54. The van der Waals surface area contributed by atoms with Crippen molar-refractivity contribution in [2.45, 2.75) is 6.92 Å². The Kier molecular flexibility index (Phi) is 5.19. The van der Waals surface area contributed by atoms with Crippen molar-refractivity contribution in [3.63, 3.8) is 0 Å². The Morgan fingerprint density at radius 3 is 2.83 bits per heavy atom. The van der Waals surface area contributed by atoms with E-state index in [9.17, 15) is 19.3 Å². The third kappa shape index (κ3) is 4.22. The number of nitrogens with one attached hydrogen (secondary N) is 2. The largest absolute Gasteiger partial charge is 0.363 e. The molecule has 0 fully saturated rings. The fraction of sp³-hybridized carbons (Fsp3) is 0.200. The molecule has 1 heterocycles. The van der Waals surface area contributed by atoms with Crippen LogP contribution in [-0.4, -0.2) is 28.9 Å². The zero-order chi connectivity index (χ0) is 16.8. The van der Waals surface area contributed by atoms with Gasteiger partial charge in [-0.2, -0.15) is 0 Å². The quantitative estimate of drug-likeness (QED) is 0.484. The lowest BCUT2D eigenvalue weighted by molar-refractivity contribution is -0.384. The van der Waals surface area contributed by atoms with Crippen LogP contribution in [-0.2, 0) is 0 Å². The second kappa shape index (κ2) is 7.30. The Labute approximate surface area is 131 Å². The molecule has 1 aromatic carbocycles. The molecule has 1 aromatic heterocycles. The second-order valence-corrected chi connectivity index (χ2v) is 4.77. The van der Waals surface area contributed by atoms with Gasteiger partial charge in [-0.15, -0.1) is 0 Å². The molecule has 23 heavy (non-hydrogen) atoms. The molecule has 0 spiro atoms. The molecule has 7 nitrogen and oxygen atoms in total. The molecule has 0 atom stereocenters. The number of amides is 1. The summed E-state index contributed by atoms with van der Waals surface area (Å²) in [6.45, 7) is 2.07. The molecule has 0 saturated carbocycles. The molecule has 0 saturated heterocycles. The molecule has 0 radical (unpaired) electrons. The Balaban J connectivity index is 1.87. The molecular weight excluding hydrogens is 303 g/mol. The number of anilines is 1. The third-order valence-corrected chi connectivity index (χ3v) is 3.12. The van der Waals surface area contributed by atoms with Crippen molar-refractivity contribution in [1.29, 1.82) is 0 Å². The van der Waals surface area contributed by atoms with E-state index < -0.39 is 16.6 Å². The van der Waals surface area contributed by atoms with Crippen LogP contribution in [0.1, 0.15) is 15.9 Å². The van der Waals surface area contributed by atoms with Crippen molar-refractivity contribution in [2.24, 2.45) is 0 Å². The van der Waals surface area contributed by atoms with Gasteiger partial charge in [0.25, 0.3) is 5.91 Å². The second-order valence-electron chi connectivity index (χ2n) is 4.77. The summed E-state index contributed by atoms with van der Waals surface area (Å²) in [7, 11) is 0. The van der Waals surface area contributed by atoms with E-state index in [1.165, 1.54) is 36.5 Å². The molecule has 0 bridgehead atoms. The minimum Gasteiger partial charge on any atom is -0.363 e. The monoisotopic (exact) mass is 318 g/mol. The van der Waals surface area contributed by atoms with Crippen molar-refractivity contribution in [3.05, 3.63) is 63.6 Å². The number of rotatable bonds is 6. The van der Waals surface area contributed by atoms with Gasteiger partial charge in [-0.25, -0.2) is 9.37 Å². The summed E-state index contributed by atoms with van der Waals surface area (Å²) in [6, 6.07) is 7.03. The first kappa shape index (κ1) is 16.3. The lowest BCUT2D eigenvalue weighted by atomic mass is 10.1. The van der Waals surface area contributed by atoms with Crippen molar-refractivity contribution < 1.29 is 14.1 Å². The van der Waals surface area contributed by atoms with Gasteiger partial charge in [0.05, 0.1) is 4.92 Å². The number of halogens is 1. The maximum Gasteiger partial charge on any atom is 0.311 e. The minimum absolute atomic E-state index is 0.133. The number of pyridine rings is 1. The van der Waals surface area contributed by atoms with E-state index in [1.807, 2.05) is 0 Å². The van der Waals surface area contributed by atoms with Gasteiger partial charge in [0.1, 0.15) is 5.82 Å². The van der Waals surface area contributed by atoms with Crippen LogP contribution in [0.25, 0.3) is 0 Å². The predicted molar refractivity (Wildman–Crippen MR) is 82.9 cm³/mol. The first-order valence-electron chi connectivity index (χ1n) is 6.86. The standard InChI is InChI=1S/C15H15FN4O3/c1-10-4-5-11(9-12(10)16)15(21)19-8-7-18-14-13(20(22)23)3-2-6-17-14/h2-6,9H,7-8H2,1H3,(H,17,18)(H,19,21). The summed E-state index contributed by atoms with van der Waals surface area (Å²) < 4.78 is 13.4. The summed E-state index contributed by atoms with van der Waals surface area (Å²) in [5.74, 6) is -0.728. The molecule has 120 valence electrons. The molecule has 0 aliphatic carbocycles. The van der Waals surface area contributed by atoms with Crippen LogP contribution in [0.5, 0.6) is 0 Å². The minimum atomic E-state index is -0.539. The number of hydrogen-bond donors (Lipinski definition) is 2. The topological polar surface area (TPSA) is 97.2 Å². The van der Waals surface area contributed by atoms with Crippen molar-refractivity contribution in [1.82, 2.24) is 10.3 Å². The summed E-state index contributed by atoms with van der Waals surface area (Å²) >= 11 is 0. The average molecular weight is 318 g/mol. The van der Waals surface area contributed by atoms with Crippen molar-refractivity contribution in [2.75, 3.05) is 18.4 Å². The van der Waals surface area contributed by atoms with E-state index in [-0.39, 0.29) is 30.2 Å². The molecular formula is C15H15FN4O3. The highest BCUT2D eigenvalue weighted by molar-refractivity contribution is 5.94. The SMILES string of the molecule is Cc1ccc(C(=O)NCCNc2ncccc2[N+](=O)[O-])cc1F. The van der Waals surface area contributed by atoms with Crippen LogP contribution in [0, 0.1) is 22.9 Å². The smallest absolute Gasteiger partial charge is 0.311 e. The van der Waals surface area contributed by atoms with Gasteiger partial charge in [-0.3, -0.25) is 14.9 Å². The lowest BCUT2D eigenvalue weighted by Crippen LogP contribution is -2.29. The molecule has 0 aliphatic rings. The number of carbonyl (C=O) groups excluding carboxylic acids is 1. The van der Waals surface area contributed by atoms with Crippen molar-refractivity contribution >= 4 is 17.4 Å². The van der Waals surface area contributed by atoms with E-state index in [0.29, 0.717) is 5.56 Å². The van der Waals surface area contributed by atoms with E-state index in [0.717, 1.165) is 0 Å². The highest BCUT2D eigenvalue weighted by atomic mass is 19.1. The zero-order valence-electron chi connectivity index (χ0n) is 12.4. The summed E-state index contributed by atoms with van der Waals surface area (Å²) in [5, 5.41) is 16.2. The Hall–Kier alpha value is -3.03. The normalized spacial score (nSPS) is 10.2. The number of benzene rings is 1. The maximum atomic E-state index is 13.4. The van der Waals surface area contributed by atoms with E-state index in [2.05, 4.69) is 15.6 Å². The highest BCUT2D eigenvalue weighted by Gasteiger charge is 2.13. The van der Waals surface area contributed by atoms with Crippen LogP contribution in [0.3, 0.4) is 0 Å². The number of carbonyl (C=O) groups is 1. The lowest BCUT2D eigenvalue weighted by Gasteiger charge is -2.08. The first-order chi connectivity index (χ1) is 11.0. The molecule has 2 aromatic rings. The van der Waals surface area contributed by atoms with Gasteiger partial charge in [-0.1, -0.05) is 6.07 Å². The Bertz CT molecular complexity index is 736. The Morgan fingerprint density at radius 2 is 2.13 bits per heavy atom. The third-order valence-electron chi connectivity index (χ3n) is 3.12. The number of aryl methyl sites for hydroxylation is 1. The fourth-order valence-electron chi connectivity index (χ4n) is 1.87. The van der Waals surface area contributed by atoms with Crippen LogP contribution in [0.4, 0.5) is 15.9 Å². The predicted octanol–water partition coefficient (Wildman–Crippen LogP) is 2.28. The molecule has 2 N–H and O–H groups in total. The molecule has 1 amide bonds. The van der Waals surface area contributed by atoms with Crippen molar-refractivity contribution in [3.8, 4) is 0 Å². The van der Waals surface area contributed by atoms with E-state index >= 15 is 0 Å². The van der Waals surface area contributed by atoms with Gasteiger partial charge in [-0.05, 0) is 30.7 Å². The maximum absolute atomic E-state index is 13.4. The number of nitrogens with zero attached hydrogens (tertiary/aromatic N) is 2.